The molecule has 0 N–H and O–H groups in total. The minimum Gasteiger partial charge on any atom is -0.288 e. The molecule has 0 radical (unpaired) electrons. The smallest absolute Gasteiger partial charge is 0.182 e. The molecule has 2 aromatic carbocycles. The van der Waals surface area contributed by atoms with E-state index in [1.807, 2.05) is 47.2 Å². The third-order valence-corrected chi connectivity index (χ3v) is 3.86. The van der Waals surface area contributed by atoms with E-state index in [0.29, 0.717) is 0 Å². The number of imidazole rings is 2. The highest BCUT2D eigenvalue weighted by Gasteiger charge is 2.14. The maximum absolute atomic E-state index is 4.78. The van der Waals surface area contributed by atoms with Gasteiger partial charge in [0.25, 0.3) is 0 Å². The third-order valence-electron chi connectivity index (χ3n) is 3.86. The molecule has 0 atom stereocenters. The van der Waals surface area contributed by atoms with E-state index in [1.54, 1.807) is 12.5 Å². The van der Waals surface area contributed by atoms with Gasteiger partial charge in [0.1, 0.15) is 6.33 Å². The first-order chi connectivity index (χ1) is 10.9. The number of nitrogens with zero attached hydrogens (tertiary/aromatic N) is 5. The summed E-state index contributed by atoms with van der Waals surface area (Å²) in [6.45, 7) is 0. The Hall–Kier alpha value is -3.21. The van der Waals surface area contributed by atoms with Crippen molar-refractivity contribution in [1.29, 1.82) is 0 Å². The lowest BCUT2D eigenvalue weighted by Crippen LogP contribution is -2.01. The fourth-order valence-electron chi connectivity index (χ4n) is 2.89. The van der Waals surface area contributed by atoms with E-state index in [2.05, 4.69) is 21.5 Å². The predicted molar refractivity (Wildman–Crippen MR) is 85.1 cm³/mol. The molecule has 0 aliphatic heterocycles. The maximum atomic E-state index is 4.78. The van der Waals surface area contributed by atoms with Gasteiger partial charge in [-0.25, -0.2) is 15.0 Å². The molecule has 5 aromatic rings. The van der Waals surface area contributed by atoms with Gasteiger partial charge in [-0.05, 0) is 24.3 Å². The number of para-hydroxylation sites is 4. The van der Waals surface area contributed by atoms with Crippen molar-refractivity contribution in [3.8, 4) is 5.82 Å². The van der Waals surface area contributed by atoms with Gasteiger partial charge in [-0.1, -0.05) is 24.3 Å². The van der Waals surface area contributed by atoms with Gasteiger partial charge in [-0.3, -0.25) is 8.97 Å². The van der Waals surface area contributed by atoms with E-state index in [4.69, 9.17) is 9.97 Å². The van der Waals surface area contributed by atoms with Gasteiger partial charge >= 0.3 is 0 Å². The van der Waals surface area contributed by atoms with Gasteiger partial charge in [-0.15, -0.1) is 0 Å². The van der Waals surface area contributed by atoms with E-state index >= 15 is 0 Å². The van der Waals surface area contributed by atoms with Crippen molar-refractivity contribution in [3.05, 3.63) is 67.3 Å². The SMILES string of the molecule is c1ccc2c(c1)nc(-n1ccnc1)c1nc3ccccc3n12. The van der Waals surface area contributed by atoms with Crippen LogP contribution in [0, 0.1) is 0 Å². The normalized spacial score (nSPS) is 11.6. The number of hydrogen-bond acceptors (Lipinski definition) is 3. The summed E-state index contributed by atoms with van der Waals surface area (Å²) in [5.41, 5.74) is 4.86. The van der Waals surface area contributed by atoms with E-state index in [0.717, 1.165) is 33.5 Å². The summed E-state index contributed by atoms with van der Waals surface area (Å²) in [5, 5.41) is 0. The van der Waals surface area contributed by atoms with Crippen molar-refractivity contribution >= 4 is 27.7 Å². The van der Waals surface area contributed by atoms with Crippen LogP contribution in [0.1, 0.15) is 0 Å². The molecular formula is C17H11N5. The predicted octanol–water partition coefficient (Wildman–Crippen LogP) is 3.22. The van der Waals surface area contributed by atoms with E-state index in [-0.39, 0.29) is 0 Å². The van der Waals surface area contributed by atoms with Crippen molar-refractivity contribution in [3.63, 3.8) is 0 Å². The fourth-order valence-corrected chi connectivity index (χ4v) is 2.89. The third kappa shape index (κ3) is 1.45. The van der Waals surface area contributed by atoms with Crippen molar-refractivity contribution < 1.29 is 0 Å². The second-order valence-corrected chi connectivity index (χ2v) is 5.15. The molecule has 5 rings (SSSR count). The first kappa shape index (κ1) is 11.4. The van der Waals surface area contributed by atoms with Crippen LogP contribution < -0.4 is 0 Å². The quantitative estimate of drug-likeness (QED) is 0.475. The van der Waals surface area contributed by atoms with Crippen LogP contribution in [-0.4, -0.2) is 23.9 Å². The first-order valence-corrected chi connectivity index (χ1v) is 7.06. The number of fused-ring (bicyclic) bond motifs is 5. The highest BCUT2D eigenvalue weighted by atomic mass is 15.2. The second kappa shape index (κ2) is 4.14. The zero-order valence-electron chi connectivity index (χ0n) is 11.6. The minimum atomic E-state index is 0.785. The summed E-state index contributed by atoms with van der Waals surface area (Å²) in [6.07, 6.45) is 5.38. The monoisotopic (exact) mass is 285 g/mol. The number of benzene rings is 2. The van der Waals surface area contributed by atoms with Crippen molar-refractivity contribution in [2.75, 3.05) is 0 Å². The van der Waals surface area contributed by atoms with Crippen LogP contribution in [-0.2, 0) is 0 Å². The van der Waals surface area contributed by atoms with Gasteiger partial charge in [0.15, 0.2) is 11.5 Å². The molecule has 0 spiro atoms. The lowest BCUT2D eigenvalue weighted by molar-refractivity contribution is 0.996. The molecule has 0 bridgehead atoms. The maximum Gasteiger partial charge on any atom is 0.182 e. The largest absolute Gasteiger partial charge is 0.288 e. The first-order valence-electron chi connectivity index (χ1n) is 7.06. The standard InChI is InChI=1S/C17H11N5/c1-3-7-14-12(5-1)19-16(21-10-9-18-11-21)17-20-13-6-2-4-8-15(13)22(14)17/h1-11H. The summed E-state index contributed by atoms with van der Waals surface area (Å²) >= 11 is 0. The molecule has 5 nitrogen and oxygen atoms in total. The molecule has 22 heavy (non-hydrogen) atoms. The summed E-state index contributed by atoms with van der Waals surface area (Å²) in [7, 11) is 0. The molecule has 3 aromatic heterocycles. The Bertz CT molecular complexity index is 1120. The Labute approximate surface area is 125 Å². The molecule has 0 saturated carbocycles. The Morgan fingerprint density at radius 2 is 1.45 bits per heavy atom. The van der Waals surface area contributed by atoms with Gasteiger partial charge in [0.2, 0.25) is 0 Å². The van der Waals surface area contributed by atoms with Crippen LogP contribution in [0.25, 0.3) is 33.5 Å². The van der Waals surface area contributed by atoms with E-state index < -0.39 is 0 Å². The topological polar surface area (TPSA) is 48.0 Å². The average Bonchev–Trinajstić information content (AvgIpc) is 3.22. The minimum absolute atomic E-state index is 0.785. The molecule has 0 amide bonds. The summed E-state index contributed by atoms with van der Waals surface area (Å²) < 4.78 is 4.06. The summed E-state index contributed by atoms with van der Waals surface area (Å²) in [5.74, 6) is 0.785. The average molecular weight is 285 g/mol. The fraction of sp³-hybridized carbons (Fsp3) is 0. The highest BCUT2D eigenvalue weighted by molar-refractivity contribution is 5.90. The molecule has 0 unspecified atom stereocenters. The van der Waals surface area contributed by atoms with Crippen LogP contribution in [0.4, 0.5) is 0 Å². The Morgan fingerprint density at radius 1 is 0.773 bits per heavy atom. The molecule has 0 aliphatic rings. The molecule has 0 fully saturated rings. The zero-order chi connectivity index (χ0) is 14.5. The highest BCUT2D eigenvalue weighted by Crippen LogP contribution is 2.25. The van der Waals surface area contributed by atoms with Crippen LogP contribution in [0.3, 0.4) is 0 Å². The summed E-state index contributed by atoms with van der Waals surface area (Å²) in [6, 6.07) is 16.2. The van der Waals surface area contributed by atoms with Crippen LogP contribution in [0.15, 0.2) is 67.3 Å². The van der Waals surface area contributed by atoms with Crippen molar-refractivity contribution in [2.45, 2.75) is 0 Å². The Balaban J connectivity index is 2.09. The van der Waals surface area contributed by atoms with Gasteiger partial charge < -0.3 is 0 Å². The number of rotatable bonds is 1. The molecule has 5 heteroatoms. The van der Waals surface area contributed by atoms with Gasteiger partial charge in [0.05, 0.1) is 22.1 Å². The van der Waals surface area contributed by atoms with Crippen LogP contribution >= 0.6 is 0 Å². The van der Waals surface area contributed by atoms with E-state index in [9.17, 15) is 0 Å². The molecular weight excluding hydrogens is 274 g/mol. The van der Waals surface area contributed by atoms with Crippen LogP contribution in [0.2, 0.25) is 0 Å². The van der Waals surface area contributed by atoms with Crippen molar-refractivity contribution in [2.24, 2.45) is 0 Å². The Morgan fingerprint density at radius 3 is 2.14 bits per heavy atom. The zero-order valence-corrected chi connectivity index (χ0v) is 11.6. The van der Waals surface area contributed by atoms with Crippen molar-refractivity contribution in [1.82, 2.24) is 23.9 Å². The lowest BCUT2D eigenvalue weighted by atomic mass is 10.3. The second-order valence-electron chi connectivity index (χ2n) is 5.15. The van der Waals surface area contributed by atoms with Gasteiger partial charge in [0, 0.05) is 12.4 Å². The van der Waals surface area contributed by atoms with E-state index in [1.165, 1.54) is 0 Å². The molecule has 104 valence electrons. The Kier molecular flexibility index (Phi) is 2.16. The molecule has 3 heterocycles. The van der Waals surface area contributed by atoms with Crippen LogP contribution in [0.5, 0.6) is 0 Å². The van der Waals surface area contributed by atoms with Gasteiger partial charge in [-0.2, -0.15) is 0 Å². The summed E-state index contributed by atoms with van der Waals surface area (Å²) in [4.78, 5) is 13.7. The molecule has 0 aliphatic carbocycles. The number of aromatic nitrogens is 5. The molecule has 0 saturated heterocycles. The lowest BCUT2D eigenvalue weighted by Gasteiger charge is -2.08. The number of hydrogen-bond donors (Lipinski definition) is 0.